The van der Waals surface area contributed by atoms with Gasteiger partial charge in [-0.2, -0.15) is 5.10 Å². The fourth-order valence-electron chi connectivity index (χ4n) is 2.23. The zero-order valence-electron chi connectivity index (χ0n) is 14.5. The van der Waals surface area contributed by atoms with E-state index in [0.717, 1.165) is 32.5 Å². The van der Waals surface area contributed by atoms with E-state index in [1.54, 1.807) is 0 Å². The first kappa shape index (κ1) is 18.9. The minimum absolute atomic E-state index is 0.0809. The second-order valence-electron chi connectivity index (χ2n) is 5.68. The SMILES string of the molecule is Cc1ccc(C)c(OCC(=O)NN=CC(Br)=Cc2ccccc2)c1C. The van der Waals surface area contributed by atoms with Crippen molar-refractivity contribution >= 4 is 34.1 Å². The lowest BCUT2D eigenvalue weighted by atomic mass is 10.1. The first-order valence-electron chi connectivity index (χ1n) is 7.91. The van der Waals surface area contributed by atoms with Crippen LogP contribution in [0.5, 0.6) is 5.75 Å². The summed E-state index contributed by atoms with van der Waals surface area (Å²) >= 11 is 3.40. The number of amides is 1. The van der Waals surface area contributed by atoms with Gasteiger partial charge in [0, 0.05) is 4.48 Å². The summed E-state index contributed by atoms with van der Waals surface area (Å²) < 4.78 is 6.41. The number of allylic oxidation sites excluding steroid dienone is 1. The van der Waals surface area contributed by atoms with Crippen molar-refractivity contribution in [3.05, 3.63) is 69.2 Å². The highest BCUT2D eigenvalue weighted by molar-refractivity contribution is 9.12. The highest BCUT2D eigenvalue weighted by atomic mass is 79.9. The van der Waals surface area contributed by atoms with Gasteiger partial charge in [-0.1, -0.05) is 42.5 Å². The smallest absolute Gasteiger partial charge is 0.277 e. The molecule has 0 unspecified atom stereocenters. The second-order valence-corrected chi connectivity index (χ2v) is 6.59. The Morgan fingerprint density at radius 2 is 1.80 bits per heavy atom. The van der Waals surface area contributed by atoms with Gasteiger partial charge < -0.3 is 4.74 Å². The lowest BCUT2D eigenvalue weighted by Crippen LogP contribution is -2.25. The van der Waals surface area contributed by atoms with Gasteiger partial charge in [-0.15, -0.1) is 0 Å². The predicted octanol–water partition coefficient (Wildman–Crippen LogP) is 4.53. The molecular weight excluding hydrogens is 380 g/mol. The molecule has 0 aliphatic rings. The Kier molecular flexibility index (Phi) is 6.95. The highest BCUT2D eigenvalue weighted by Crippen LogP contribution is 2.25. The summed E-state index contributed by atoms with van der Waals surface area (Å²) in [5, 5.41) is 3.92. The number of hydrogen-bond acceptors (Lipinski definition) is 3. The molecule has 0 saturated heterocycles. The largest absolute Gasteiger partial charge is 0.483 e. The number of nitrogens with zero attached hydrogens (tertiary/aromatic N) is 1. The van der Waals surface area contributed by atoms with E-state index in [1.807, 2.05) is 69.3 Å². The van der Waals surface area contributed by atoms with Gasteiger partial charge in [0.25, 0.3) is 5.91 Å². The molecule has 1 N–H and O–H groups in total. The van der Waals surface area contributed by atoms with Crippen LogP contribution in [0.25, 0.3) is 6.08 Å². The van der Waals surface area contributed by atoms with Crippen molar-refractivity contribution in [2.75, 3.05) is 6.61 Å². The maximum atomic E-state index is 11.9. The van der Waals surface area contributed by atoms with Crippen LogP contribution in [0.15, 0.2) is 52.0 Å². The molecule has 2 aromatic rings. The zero-order chi connectivity index (χ0) is 18.2. The van der Waals surface area contributed by atoms with Crippen molar-refractivity contribution in [3.8, 4) is 5.75 Å². The standard InChI is InChI=1S/C20H21BrN2O2/c1-14-9-10-15(2)20(16(14)3)25-13-19(24)23-22-12-18(21)11-17-7-5-4-6-8-17/h4-12H,13H2,1-3H3,(H,23,24). The molecule has 0 saturated carbocycles. The molecule has 0 atom stereocenters. The average molecular weight is 401 g/mol. The Hall–Kier alpha value is -2.40. The van der Waals surface area contributed by atoms with Crippen LogP contribution >= 0.6 is 15.9 Å². The number of carbonyl (C=O) groups excluding carboxylic acids is 1. The molecule has 0 bridgehead atoms. The van der Waals surface area contributed by atoms with Crippen LogP contribution in [-0.2, 0) is 4.79 Å². The number of halogens is 1. The molecule has 0 spiro atoms. The number of hydrazone groups is 1. The third kappa shape index (κ3) is 5.87. The van der Waals surface area contributed by atoms with Gasteiger partial charge >= 0.3 is 0 Å². The van der Waals surface area contributed by atoms with Gasteiger partial charge in [0.2, 0.25) is 0 Å². The number of aryl methyl sites for hydroxylation is 2. The molecular formula is C20H21BrN2O2. The van der Waals surface area contributed by atoms with E-state index in [9.17, 15) is 4.79 Å². The normalized spacial score (nSPS) is 11.6. The lowest BCUT2D eigenvalue weighted by Gasteiger charge is -2.13. The van der Waals surface area contributed by atoms with Crippen LogP contribution in [0, 0.1) is 20.8 Å². The first-order valence-corrected chi connectivity index (χ1v) is 8.70. The maximum Gasteiger partial charge on any atom is 0.277 e. The van der Waals surface area contributed by atoms with E-state index in [1.165, 1.54) is 6.21 Å². The van der Waals surface area contributed by atoms with Gasteiger partial charge in [0.15, 0.2) is 6.61 Å². The second kappa shape index (κ2) is 9.18. The van der Waals surface area contributed by atoms with Crippen LogP contribution in [0.3, 0.4) is 0 Å². The van der Waals surface area contributed by atoms with E-state index in [0.29, 0.717) is 0 Å². The zero-order valence-corrected chi connectivity index (χ0v) is 16.1. The minimum Gasteiger partial charge on any atom is -0.483 e. The van der Waals surface area contributed by atoms with E-state index in [4.69, 9.17) is 4.74 Å². The van der Waals surface area contributed by atoms with Crippen molar-refractivity contribution in [2.24, 2.45) is 5.10 Å². The lowest BCUT2D eigenvalue weighted by molar-refractivity contribution is -0.123. The van der Waals surface area contributed by atoms with Crippen molar-refractivity contribution < 1.29 is 9.53 Å². The highest BCUT2D eigenvalue weighted by Gasteiger charge is 2.08. The molecule has 0 fully saturated rings. The molecule has 2 rings (SSSR count). The number of ether oxygens (including phenoxy) is 1. The molecule has 0 aliphatic heterocycles. The summed E-state index contributed by atoms with van der Waals surface area (Å²) in [6, 6.07) is 13.9. The van der Waals surface area contributed by atoms with E-state index < -0.39 is 0 Å². The van der Waals surface area contributed by atoms with Crippen LogP contribution in [0.1, 0.15) is 22.3 Å². The minimum atomic E-state index is -0.309. The number of hydrogen-bond donors (Lipinski definition) is 1. The van der Waals surface area contributed by atoms with E-state index >= 15 is 0 Å². The van der Waals surface area contributed by atoms with Crippen molar-refractivity contribution in [1.82, 2.24) is 5.43 Å². The van der Waals surface area contributed by atoms with E-state index in [-0.39, 0.29) is 12.5 Å². The molecule has 0 radical (unpaired) electrons. The molecule has 0 aliphatic carbocycles. The van der Waals surface area contributed by atoms with Crippen LogP contribution < -0.4 is 10.2 Å². The quantitative estimate of drug-likeness (QED) is 0.571. The van der Waals surface area contributed by atoms with Gasteiger partial charge in [-0.3, -0.25) is 4.79 Å². The summed E-state index contributed by atoms with van der Waals surface area (Å²) in [7, 11) is 0. The summed E-state index contributed by atoms with van der Waals surface area (Å²) in [6.45, 7) is 5.88. The van der Waals surface area contributed by atoms with Crippen molar-refractivity contribution in [2.45, 2.75) is 20.8 Å². The maximum absolute atomic E-state index is 11.9. The Labute approximate surface area is 156 Å². The molecule has 2 aromatic carbocycles. The molecule has 0 aromatic heterocycles. The molecule has 0 heterocycles. The predicted molar refractivity (Wildman–Crippen MR) is 106 cm³/mol. The fourth-order valence-corrected chi connectivity index (χ4v) is 2.60. The van der Waals surface area contributed by atoms with Gasteiger partial charge in [0.05, 0.1) is 6.21 Å². The Balaban J connectivity index is 1.87. The Morgan fingerprint density at radius 1 is 1.12 bits per heavy atom. The summed E-state index contributed by atoms with van der Waals surface area (Å²) in [5.41, 5.74) is 6.69. The molecule has 130 valence electrons. The molecule has 25 heavy (non-hydrogen) atoms. The summed E-state index contributed by atoms with van der Waals surface area (Å²) in [5.74, 6) is 0.445. The van der Waals surface area contributed by atoms with Crippen LogP contribution in [-0.4, -0.2) is 18.7 Å². The third-order valence-electron chi connectivity index (χ3n) is 3.70. The number of rotatable bonds is 6. The molecule has 4 nitrogen and oxygen atoms in total. The van der Waals surface area contributed by atoms with E-state index in [2.05, 4.69) is 26.5 Å². The molecule has 1 amide bonds. The fraction of sp³-hybridized carbons (Fsp3) is 0.200. The van der Waals surface area contributed by atoms with Gasteiger partial charge in [0.1, 0.15) is 5.75 Å². The van der Waals surface area contributed by atoms with Crippen molar-refractivity contribution in [1.29, 1.82) is 0 Å². The number of benzene rings is 2. The first-order chi connectivity index (χ1) is 12.0. The third-order valence-corrected chi connectivity index (χ3v) is 4.14. The van der Waals surface area contributed by atoms with Gasteiger partial charge in [-0.05, 0) is 65.0 Å². The topological polar surface area (TPSA) is 50.7 Å². The van der Waals surface area contributed by atoms with Gasteiger partial charge in [-0.25, -0.2) is 5.43 Å². The van der Waals surface area contributed by atoms with Crippen LogP contribution in [0.4, 0.5) is 0 Å². The molecule has 5 heteroatoms. The Morgan fingerprint density at radius 3 is 2.52 bits per heavy atom. The van der Waals surface area contributed by atoms with Crippen LogP contribution in [0.2, 0.25) is 0 Å². The number of carbonyl (C=O) groups is 1. The monoisotopic (exact) mass is 400 g/mol. The number of nitrogens with one attached hydrogen (secondary N) is 1. The van der Waals surface area contributed by atoms with Crippen molar-refractivity contribution in [3.63, 3.8) is 0 Å². The summed E-state index contributed by atoms with van der Waals surface area (Å²) in [4.78, 5) is 11.9. The Bertz CT molecular complexity index is 799. The summed E-state index contributed by atoms with van der Waals surface area (Å²) in [6.07, 6.45) is 3.44. The average Bonchev–Trinajstić information content (AvgIpc) is 2.59.